The van der Waals surface area contributed by atoms with Crippen molar-refractivity contribution < 1.29 is 4.74 Å². The summed E-state index contributed by atoms with van der Waals surface area (Å²) < 4.78 is 7.34. The molecule has 102 valence electrons. The third-order valence-electron chi connectivity index (χ3n) is 3.41. The number of halogens is 1. The first-order valence-corrected chi connectivity index (χ1v) is 7.04. The van der Waals surface area contributed by atoms with Crippen molar-refractivity contribution in [3.8, 4) is 0 Å². The minimum atomic E-state index is 0.573. The Morgan fingerprint density at radius 3 is 3.05 bits per heavy atom. The van der Waals surface area contributed by atoms with Crippen LogP contribution in [0.3, 0.4) is 0 Å². The van der Waals surface area contributed by atoms with Crippen LogP contribution in [0.5, 0.6) is 0 Å². The molecule has 0 aliphatic heterocycles. The van der Waals surface area contributed by atoms with E-state index in [0.717, 1.165) is 35.0 Å². The summed E-state index contributed by atoms with van der Waals surface area (Å²) in [4.78, 5) is 4.71. The number of para-hydroxylation sites is 1. The van der Waals surface area contributed by atoms with Crippen LogP contribution in [-0.4, -0.2) is 29.8 Å². The molecule has 3 rings (SSSR count). The molecule has 19 heavy (non-hydrogen) atoms. The summed E-state index contributed by atoms with van der Waals surface area (Å²) in [5.41, 5.74) is 2.07. The van der Waals surface area contributed by atoms with E-state index >= 15 is 0 Å². The minimum absolute atomic E-state index is 0.573. The van der Waals surface area contributed by atoms with E-state index in [9.17, 15) is 0 Å². The summed E-state index contributed by atoms with van der Waals surface area (Å²) in [7, 11) is 1.71. The van der Waals surface area contributed by atoms with Gasteiger partial charge in [0, 0.05) is 19.7 Å². The van der Waals surface area contributed by atoms with Gasteiger partial charge in [0.1, 0.15) is 5.82 Å². The summed E-state index contributed by atoms with van der Waals surface area (Å²) in [6.45, 7) is 2.30. The number of fused-ring (bicyclic) bond motifs is 1. The third kappa shape index (κ3) is 2.61. The second-order valence-corrected chi connectivity index (χ2v) is 5.31. The van der Waals surface area contributed by atoms with Crippen LogP contribution in [0.25, 0.3) is 11.0 Å². The molecule has 1 aliphatic rings. The van der Waals surface area contributed by atoms with Crippen LogP contribution in [0.1, 0.15) is 24.7 Å². The highest BCUT2D eigenvalue weighted by Crippen LogP contribution is 2.40. The zero-order valence-electron chi connectivity index (χ0n) is 11.0. The lowest BCUT2D eigenvalue weighted by Gasteiger charge is -2.09. The van der Waals surface area contributed by atoms with Gasteiger partial charge in [0.15, 0.2) is 0 Å². The van der Waals surface area contributed by atoms with Crippen molar-refractivity contribution in [2.75, 3.05) is 20.3 Å². The Bertz CT molecular complexity index is 577. The SMILES string of the molecule is COCCNCc1nc2cccc(Cl)c2n1C1CC1. The van der Waals surface area contributed by atoms with Gasteiger partial charge in [0.2, 0.25) is 0 Å². The van der Waals surface area contributed by atoms with Crippen molar-refractivity contribution in [3.05, 3.63) is 29.0 Å². The lowest BCUT2D eigenvalue weighted by molar-refractivity contribution is 0.199. The number of aromatic nitrogens is 2. The molecule has 1 aliphatic carbocycles. The van der Waals surface area contributed by atoms with Crippen molar-refractivity contribution in [3.63, 3.8) is 0 Å². The second-order valence-electron chi connectivity index (χ2n) is 4.91. The van der Waals surface area contributed by atoms with Gasteiger partial charge in [-0.15, -0.1) is 0 Å². The standard InChI is InChI=1S/C14H18ClN3O/c1-19-8-7-16-9-13-17-12-4-2-3-11(15)14(12)18(13)10-5-6-10/h2-4,10,16H,5-9H2,1H3. The number of nitrogens with one attached hydrogen (secondary N) is 1. The summed E-state index contributed by atoms with van der Waals surface area (Å²) in [5, 5.41) is 4.15. The topological polar surface area (TPSA) is 39.1 Å². The number of benzene rings is 1. The van der Waals surface area contributed by atoms with E-state index in [4.69, 9.17) is 21.3 Å². The molecular formula is C14H18ClN3O. The van der Waals surface area contributed by atoms with Crippen molar-refractivity contribution in [1.82, 2.24) is 14.9 Å². The number of hydrogen-bond acceptors (Lipinski definition) is 3. The Hall–Kier alpha value is -1.10. The van der Waals surface area contributed by atoms with E-state index < -0.39 is 0 Å². The average Bonchev–Trinajstić information content (AvgIpc) is 3.17. The largest absolute Gasteiger partial charge is 0.383 e. The molecule has 4 nitrogen and oxygen atoms in total. The first kappa shape index (κ1) is 12.9. The summed E-state index contributed by atoms with van der Waals surface area (Å²) in [5.74, 6) is 1.07. The maximum atomic E-state index is 6.33. The molecule has 1 heterocycles. The summed E-state index contributed by atoms with van der Waals surface area (Å²) in [6.07, 6.45) is 2.45. The first-order valence-electron chi connectivity index (χ1n) is 6.66. The van der Waals surface area contributed by atoms with E-state index in [1.54, 1.807) is 7.11 Å². The zero-order valence-corrected chi connectivity index (χ0v) is 11.8. The second kappa shape index (κ2) is 5.49. The quantitative estimate of drug-likeness (QED) is 0.827. The molecule has 1 saturated carbocycles. The maximum Gasteiger partial charge on any atom is 0.124 e. The van der Waals surface area contributed by atoms with Crippen LogP contribution in [0.2, 0.25) is 5.02 Å². The van der Waals surface area contributed by atoms with E-state index in [1.165, 1.54) is 12.8 Å². The van der Waals surface area contributed by atoms with Gasteiger partial charge < -0.3 is 14.6 Å². The monoisotopic (exact) mass is 279 g/mol. The lowest BCUT2D eigenvalue weighted by atomic mass is 10.3. The van der Waals surface area contributed by atoms with Crippen molar-refractivity contribution in [2.45, 2.75) is 25.4 Å². The molecule has 0 saturated heterocycles. The van der Waals surface area contributed by atoms with Gasteiger partial charge in [-0.25, -0.2) is 4.98 Å². The molecule has 0 radical (unpaired) electrons. The first-order chi connectivity index (χ1) is 9.31. The van der Waals surface area contributed by atoms with Gasteiger partial charge in [-0.2, -0.15) is 0 Å². The molecule has 1 fully saturated rings. The molecule has 0 unspecified atom stereocenters. The molecule has 2 aromatic rings. The van der Waals surface area contributed by atoms with E-state index in [1.807, 2.05) is 18.2 Å². The fourth-order valence-corrected chi connectivity index (χ4v) is 2.64. The Morgan fingerprint density at radius 1 is 1.47 bits per heavy atom. The van der Waals surface area contributed by atoms with Crippen LogP contribution in [0.15, 0.2) is 18.2 Å². The fourth-order valence-electron chi connectivity index (χ4n) is 2.38. The summed E-state index contributed by atoms with van der Waals surface area (Å²) >= 11 is 6.33. The molecule has 1 aromatic heterocycles. The van der Waals surface area contributed by atoms with Crippen molar-refractivity contribution >= 4 is 22.6 Å². The van der Waals surface area contributed by atoms with Crippen LogP contribution in [0.4, 0.5) is 0 Å². The molecule has 0 atom stereocenters. The lowest BCUT2D eigenvalue weighted by Crippen LogP contribution is -2.21. The Balaban J connectivity index is 1.90. The molecule has 1 aromatic carbocycles. The highest BCUT2D eigenvalue weighted by molar-refractivity contribution is 6.35. The van der Waals surface area contributed by atoms with Crippen molar-refractivity contribution in [2.24, 2.45) is 0 Å². The predicted molar refractivity (Wildman–Crippen MR) is 76.6 cm³/mol. The molecule has 1 N–H and O–H groups in total. The number of imidazole rings is 1. The zero-order chi connectivity index (χ0) is 13.2. The van der Waals surface area contributed by atoms with Gasteiger partial charge in [-0.1, -0.05) is 17.7 Å². The van der Waals surface area contributed by atoms with E-state index in [2.05, 4.69) is 9.88 Å². The van der Waals surface area contributed by atoms with Gasteiger partial charge in [0.05, 0.1) is 29.2 Å². The van der Waals surface area contributed by atoms with Gasteiger partial charge in [-0.05, 0) is 25.0 Å². The Labute approximate surface area is 117 Å². The summed E-state index contributed by atoms with van der Waals surface area (Å²) in [6, 6.07) is 6.49. The van der Waals surface area contributed by atoms with Gasteiger partial charge >= 0.3 is 0 Å². The molecule has 0 spiro atoms. The van der Waals surface area contributed by atoms with Gasteiger partial charge in [0.25, 0.3) is 0 Å². The Kier molecular flexibility index (Phi) is 3.73. The van der Waals surface area contributed by atoms with E-state index in [0.29, 0.717) is 12.6 Å². The molecule has 0 amide bonds. The predicted octanol–water partition coefficient (Wildman–Crippen LogP) is 2.76. The molecule has 0 bridgehead atoms. The number of hydrogen-bond donors (Lipinski definition) is 1. The average molecular weight is 280 g/mol. The van der Waals surface area contributed by atoms with Crippen LogP contribution < -0.4 is 5.32 Å². The number of ether oxygens (including phenoxy) is 1. The smallest absolute Gasteiger partial charge is 0.124 e. The number of methoxy groups -OCH3 is 1. The van der Waals surface area contributed by atoms with Crippen LogP contribution in [0, 0.1) is 0 Å². The third-order valence-corrected chi connectivity index (χ3v) is 3.72. The van der Waals surface area contributed by atoms with Crippen LogP contribution in [-0.2, 0) is 11.3 Å². The molecular weight excluding hydrogens is 262 g/mol. The minimum Gasteiger partial charge on any atom is -0.383 e. The fraction of sp³-hybridized carbons (Fsp3) is 0.500. The van der Waals surface area contributed by atoms with Crippen LogP contribution >= 0.6 is 11.6 Å². The highest BCUT2D eigenvalue weighted by atomic mass is 35.5. The van der Waals surface area contributed by atoms with E-state index in [-0.39, 0.29) is 0 Å². The number of nitrogens with zero attached hydrogens (tertiary/aromatic N) is 2. The van der Waals surface area contributed by atoms with Crippen molar-refractivity contribution in [1.29, 1.82) is 0 Å². The number of rotatable bonds is 6. The highest BCUT2D eigenvalue weighted by Gasteiger charge is 2.28. The van der Waals surface area contributed by atoms with Gasteiger partial charge in [-0.3, -0.25) is 0 Å². The molecule has 5 heteroatoms. The normalized spacial score (nSPS) is 15.3. The Morgan fingerprint density at radius 2 is 2.32 bits per heavy atom. The maximum absolute atomic E-state index is 6.33.